The number of benzene rings is 1. The van der Waals surface area contributed by atoms with E-state index in [0.29, 0.717) is 5.25 Å². The van der Waals surface area contributed by atoms with Gasteiger partial charge in [-0.1, -0.05) is 6.07 Å². The molecule has 3 rings (SSSR count). The van der Waals surface area contributed by atoms with Gasteiger partial charge in [0, 0.05) is 23.5 Å². The third-order valence-electron chi connectivity index (χ3n) is 2.96. The molecular weight excluding hydrogens is 222 g/mol. The molecule has 1 saturated heterocycles. The number of hydrogen-bond acceptors (Lipinski definition) is 4. The molecule has 2 heterocycles. The van der Waals surface area contributed by atoms with E-state index in [-0.39, 0.29) is 6.04 Å². The smallest absolute Gasteiger partial charge is 0.161 e. The van der Waals surface area contributed by atoms with Gasteiger partial charge in [-0.15, -0.1) is 0 Å². The third-order valence-corrected chi connectivity index (χ3v) is 4.52. The van der Waals surface area contributed by atoms with Gasteiger partial charge in [-0.2, -0.15) is 11.8 Å². The van der Waals surface area contributed by atoms with Crippen molar-refractivity contribution < 1.29 is 9.47 Å². The molecule has 0 spiro atoms. The molecule has 2 aliphatic rings. The van der Waals surface area contributed by atoms with Crippen LogP contribution in [0.25, 0.3) is 0 Å². The van der Waals surface area contributed by atoms with Crippen LogP contribution in [0.15, 0.2) is 18.2 Å². The van der Waals surface area contributed by atoms with Gasteiger partial charge in [-0.05, 0) is 17.7 Å². The van der Waals surface area contributed by atoms with Crippen LogP contribution in [0.5, 0.6) is 11.5 Å². The second-order valence-electron chi connectivity index (χ2n) is 4.17. The van der Waals surface area contributed by atoms with Gasteiger partial charge in [0.1, 0.15) is 0 Å². The summed E-state index contributed by atoms with van der Waals surface area (Å²) in [5.74, 6) is 2.79. The minimum atomic E-state index is 0.287. The van der Waals surface area contributed by atoms with Crippen LogP contribution in [0.4, 0.5) is 0 Å². The summed E-state index contributed by atoms with van der Waals surface area (Å²) in [4.78, 5) is 0. The second-order valence-corrected chi connectivity index (χ2v) is 5.35. The van der Waals surface area contributed by atoms with Crippen molar-refractivity contribution in [3.63, 3.8) is 0 Å². The first-order chi connectivity index (χ1) is 7.84. The van der Waals surface area contributed by atoms with E-state index in [1.54, 1.807) is 0 Å². The molecule has 0 amide bonds. The summed E-state index contributed by atoms with van der Waals surface area (Å²) < 4.78 is 11.3. The van der Waals surface area contributed by atoms with Crippen LogP contribution in [-0.2, 0) is 0 Å². The van der Waals surface area contributed by atoms with Crippen molar-refractivity contribution in [1.82, 2.24) is 0 Å². The summed E-state index contributed by atoms with van der Waals surface area (Å²) in [6, 6.07) is 6.47. The fraction of sp³-hybridized carbons (Fsp3) is 0.500. The predicted molar refractivity (Wildman–Crippen MR) is 65.2 cm³/mol. The summed E-state index contributed by atoms with van der Waals surface area (Å²) in [7, 11) is 0. The van der Waals surface area contributed by atoms with Crippen LogP contribution in [0.1, 0.15) is 17.2 Å². The molecule has 86 valence electrons. The van der Waals surface area contributed by atoms with E-state index in [4.69, 9.17) is 15.2 Å². The van der Waals surface area contributed by atoms with E-state index in [1.165, 1.54) is 5.56 Å². The Labute approximate surface area is 99.3 Å². The Kier molecular flexibility index (Phi) is 2.69. The van der Waals surface area contributed by atoms with Crippen LogP contribution in [-0.4, -0.2) is 25.0 Å². The van der Waals surface area contributed by atoms with Crippen LogP contribution in [0, 0.1) is 0 Å². The number of thioether (sulfide) groups is 1. The normalized spacial score (nSPS) is 28.1. The fourth-order valence-electron chi connectivity index (χ4n) is 2.00. The molecule has 2 aliphatic heterocycles. The van der Waals surface area contributed by atoms with E-state index in [0.717, 1.165) is 36.9 Å². The Hall–Kier alpha value is -0.870. The first kappa shape index (κ1) is 10.3. The zero-order chi connectivity index (χ0) is 11.0. The predicted octanol–water partition coefficient (Wildman–Crippen LogP) is 1.96. The number of hydrogen-bond donors (Lipinski definition) is 1. The highest BCUT2D eigenvalue weighted by Crippen LogP contribution is 2.44. The molecule has 1 aromatic rings. The van der Waals surface area contributed by atoms with Crippen LogP contribution >= 0.6 is 11.8 Å². The van der Waals surface area contributed by atoms with Crippen molar-refractivity contribution in [1.29, 1.82) is 0 Å². The molecule has 0 radical (unpaired) electrons. The molecular formula is C12H15NO2S. The van der Waals surface area contributed by atoms with Crippen LogP contribution < -0.4 is 15.2 Å². The van der Waals surface area contributed by atoms with E-state index in [9.17, 15) is 0 Å². The van der Waals surface area contributed by atoms with Crippen LogP contribution in [0.3, 0.4) is 0 Å². The van der Waals surface area contributed by atoms with Crippen molar-refractivity contribution in [2.75, 3.05) is 19.0 Å². The molecule has 4 heteroatoms. The zero-order valence-electron chi connectivity index (χ0n) is 9.02. The second kappa shape index (κ2) is 4.18. The average Bonchev–Trinajstić information content (AvgIpc) is 2.51. The van der Waals surface area contributed by atoms with Crippen molar-refractivity contribution >= 4 is 11.8 Å². The Morgan fingerprint density at radius 3 is 2.69 bits per heavy atom. The standard InChI is InChI=1S/C12H15NO2S/c13-9-7-16-12(9)8-2-3-10-11(6-8)15-5-1-4-14-10/h2-3,6,9,12H,1,4-5,7,13H2. The number of nitrogens with two attached hydrogens (primary N) is 1. The molecule has 2 atom stereocenters. The van der Waals surface area contributed by atoms with Crippen LogP contribution in [0.2, 0.25) is 0 Å². The first-order valence-corrected chi connectivity index (χ1v) is 6.66. The van der Waals surface area contributed by atoms with Crippen molar-refractivity contribution in [2.24, 2.45) is 5.73 Å². The molecule has 1 fully saturated rings. The lowest BCUT2D eigenvalue weighted by atomic mass is 10.1. The van der Waals surface area contributed by atoms with Crippen molar-refractivity contribution in [2.45, 2.75) is 17.7 Å². The Morgan fingerprint density at radius 1 is 1.19 bits per heavy atom. The third kappa shape index (κ3) is 1.76. The van der Waals surface area contributed by atoms with Crippen molar-refractivity contribution in [3.8, 4) is 11.5 Å². The minimum absolute atomic E-state index is 0.287. The molecule has 2 unspecified atom stereocenters. The first-order valence-electron chi connectivity index (χ1n) is 5.61. The van der Waals surface area contributed by atoms with Gasteiger partial charge in [0.2, 0.25) is 0 Å². The molecule has 2 N–H and O–H groups in total. The van der Waals surface area contributed by atoms with Gasteiger partial charge in [-0.3, -0.25) is 0 Å². The van der Waals surface area contributed by atoms with Gasteiger partial charge in [0.15, 0.2) is 11.5 Å². The number of ether oxygens (including phenoxy) is 2. The summed E-state index contributed by atoms with van der Waals surface area (Å²) in [5, 5.41) is 0.428. The maximum absolute atomic E-state index is 5.97. The number of rotatable bonds is 1. The van der Waals surface area contributed by atoms with Gasteiger partial charge in [-0.25, -0.2) is 0 Å². The van der Waals surface area contributed by atoms with E-state index in [2.05, 4.69) is 12.1 Å². The average molecular weight is 237 g/mol. The van der Waals surface area contributed by atoms with E-state index >= 15 is 0 Å². The van der Waals surface area contributed by atoms with Gasteiger partial charge in [0.05, 0.1) is 13.2 Å². The summed E-state index contributed by atoms with van der Waals surface area (Å²) in [6.07, 6.45) is 0.946. The molecule has 3 nitrogen and oxygen atoms in total. The lowest BCUT2D eigenvalue weighted by Gasteiger charge is -2.33. The summed E-state index contributed by atoms with van der Waals surface area (Å²) in [6.45, 7) is 1.48. The van der Waals surface area contributed by atoms with Crippen molar-refractivity contribution in [3.05, 3.63) is 23.8 Å². The topological polar surface area (TPSA) is 44.5 Å². The van der Waals surface area contributed by atoms with E-state index in [1.807, 2.05) is 17.8 Å². The SMILES string of the molecule is NC1CSC1c1ccc2c(c1)OCCCO2. The Bertz CT molecular complexity index is 397. The highest BCUT2D eigenvalue weighted by atomic mass is 32.2. The van der Waals surface area contributed by atoms with Gasteiger partial charge < -0.3 is 15.2 Å². The Balaban J connectivity index is 1.88. The van der Waals surface area contributed by atoms with Gasteiger partial charge in [0.25, 0.3) is 0 Å². The lowest BCUT2D eigenvalue weighted by Crippen LogP contribution is -2.37. The van der Waals surface area contributed by atoms with E-state index < -0.39 is 0 Å². The quantitative estimate of drug-likeness (QED) is 0.811. The minimum Gasteiger partial charge on any atom is -0.490 e. The molecule has 1 aromatic carbocycles. The van der Waals surface area contributed by atoms with Gasteiger partial charge >= 0.3 is 0 Å². The number of fused-ring (bicyclic) bond motifs is 1. The molecule has 0 aliphatic carbocycles. The lowest BCUT2D eigenvalue weighted by molar-refractivity contribution is 0.297. The molecule has 0 aromatic heterocycles. The monoisotopic (exact) mass is 237 g/mol. The largest absolute Gasteiger partial charge is 0.490 e. The summed E-state index contributed by atoms with van der Waals surface area (Å²) >= 11 is 1.90. The highest BCUT2D eigenvalue weighted by molar-refractivity contribution is 8.01. The Morgan fingerprint density at radius 2 is 2.00 bits per heavy atom. The molecule has 0 saturated carbocycles. The molecule has 16 heavy (non-hydrogen) atoms. The summed E-state index contributed by atoms with van der Waals surface area (Å²) in [5.41, 5.74) is 7.23. The maximum atomic E-state index is 5.97. The highest BCUT2D eigenvalue weighted by Gasteiger charge is 2.30. The zero-order valence-corrected chi connectivity index (χ0v) is 9.83. The fourth-order valence-corrected chi connectivity index (χ4v) is 2.95. The molecule has 0 bridgehead atoms. The maximum Gasteiger partial charge on any atom is 0.161 e.